The van der Waals surface area contributed by atoms with Crippen molar-refractivity contribution in [2.24, 2.45) is 5.41 Å². The van der Waals surface area contributed by atoms with Gasteiger partial charge in [-0.3, -0.25) is 4.79 Å². The molecule has 0 heterocycles. The summed E-state index contributed by atoms with van der Waals surface area (Å²) >= 11 is 0. The van der Waals surface area contributed by atoms with E-state index in [1.54, 1.807) is 0 Å². The van der Waals surface area contributed by atoms with E-state index < -0.39 is 12.0 Å². The second kappa shape index (κ2) is 6.47. The van der Waals surface area contributed by atoms with Crippen molar-refractivity contribution in [1.29, 1.82) is 0 Å². The van der Waals surface area contributed by atoms with Gasteiger partial charge < -0.3 is 15.2 Å². The van der Waals surface area contributed by atoms with Gasteiger partial charge in [-0.25, -0.2) is 0 Å². The molecule has 19 heavy (non-hydrogen) atoms. The van der Waals surface area contributed by atoms with Crippen LogP contribution < -0.4 is 10.1 Å². The summed E-state index contributed by atoms with van der Waals surface area (Å²) in [7, 11) is 0. The van der Waals surface area contributed by atoms with Crippen molar-refractivity contribution in [1.82, 2.24) is 5.32 Å². The summed E-state index contributed by atoms with van der Waals surface area (Å²) in [5.74, 6) is -0.327. The lowest BCUT2D eigenvalue weighted by Crippen LogP contribution is -2.36. The standard InChI is InChI=1S/C13H17F2NO3/c1-13(2,8-17)7-16-11(18)9-3-5-10(6-4-9)19-12(14)15/h3-6,12,17H,7-8H2,1-2H3,(H,16,18). The zero-order valence-electron chi connectivity index (χ0n) is 10.8. The van der Waals surface area contributed by atoms with E-state index in [0.717, 1.165) is 0 Å². The van der Waals surface area contributed by atoms with Gasteiger partial charge in [-0.1, -0.05) is 13.8 Å². The highest BCUT2D eigenvalue weighted by atomic mass is 19.3. The molecular formula is C13H17F2NO3. The number of benzene rings is 1. The van der Waals surface area contributed by atoms with Crippen LogP contribution in [0.15, 0.2) is 24.3 Å². The molecule has 1 aromatic carbocycles. The lowest BCUT2D eigenvalue weighted by molar-refractivity contribution is -0.0498. The number of halogens is 2. The number of carbonyl (C=O) groups excluding carboxylic acids is 1. The number of alkyl halides is 2. The van der Waals surface area contributed by atoms with E-state index in [-0.39, 0.29) is 18.3 Å². The molecule has 0 radical (unpaired) electrons. The molecule has 0 aliphatic carbocycles. The van der Waals surface area contributed by atoms with Crippen LogP contribution >= 0.6 is 0 Å². The molecule has 1 aromatic rings. The van der Waals surface area contributed by atoms with Crippen molar-refractivity contribution >= 4 is 5.91 Å². The van der Waals surface area contributed by atoms with Gasteiger partial charge in [0.05, 0.1) is 0 Å². The Morgan fingerprint density at radius 2 is 1.95 bits per heavy atom. The number of aliphatic hydroxyl groups is 1. The third-order valence-electron chi connectivity index (χ3n) is 2.50. The Kier molecular flexibility index (Phi) is 5.23. The van der Waals surface area contributed by atoms with Gasteiger partial charge in [-0.2, -0.15) is 8.78 Å². The van der Waals surface area contributed by atoms with E-state index in [1.165, 1.54) is 24.3 Å². The highest BCUT2D eigenvalue weighted by Gasteiger charge is 2.18. The van der Waals surface area contributed by atoms with Crippen molar-refractivity contribution in [2.45, 2.75) is 20.5 Å². The minimum Gasteiger partial charge on any atom is -0.435 e. The highest BCUT2D eigenvalue weighted by molar-refractivity contribution is 5.94. The molecule has 106 valence electrons. The van der Waals surface area contributed by atoms with Crippen molar-refractivity contribution in [3.63, 3.8) is 0 Å². The van der Waals surface area contributed by atoms with Gasteiger partial charge in [0.2, 0.25) is 0 Å². The molecule has 0 unspecified atom stereocenters. The van der Waals surface area contributed by atoms with Crippen molar-refractivity contribution < 1.29 is 23.4 Å². The summed E-state index contributed by atoms with van der Waals surface area (Å²) in [5.41, 5.74) is -0.0654. The minimum atomic E-state index is -2.88. The van der Waals surface area contributed by atoms with Crippen molar-refractivity contribution in [3.05, 3.63) is 29.8 Å². The average molecular weight is 273 g/mol. The van der Waals surface area contributed by atoms with Gasteiger partial charge in [0.25, 0.3) is 5.91 Å². The number of carbonyl (C=O) groups is 1. The summed E-state index contributed by atoms with van der Waals surface area (Å²) in [4.78, 5) is 11.8. The molecule has 0 spiro atoms. The van der Waals surface area contributed by atoms with E-state index in [0.29, 0.717) is 12.1 Å². The van der Waals surface area contributed by atoms with Crippen LogP contribution in [-0.4, -0.2) is 30.8 Å². The smallest absolute Gasteiger partial charge is 0.387 e. The molecule has 0 aliphatic heterocycles. The fraction of sp³-hybridized carbons (Fsp3) is 0.462. The summed E-state index contributed by atoms with van der Waals surface area (Å²) in [5, 5.41) is 11.7. The summed E-state index contributed by atoms with van der Waals surface area (Å²) in [6.45, 7) is 1.01. The Balaban J connectivity index is 2.58. The maximum Gasteiger partial charge on any atom is 0.387 e. The van der Waals surface area contributed by atoms with E-state index in [1.807, 2.05) is 13.8 Å². The van der Waals surface area contributed by atoms with Crippen molar-refractivity contribution in [3.8, 4) is 5.75 Å². The minimum absolute atomic E-state index is 0.00207. The van der Waals surface area contributed by atoms with Crippen molar-refractivity contribution in [2.75, 3.05) is 13.2 Å². The highest BCUT2D eigenvalue weighted by Crippen LogP contribution is 2.15. The van der Waals surface area contributed by atoms with Gasteiger partial charge in [-0.15, -0.1) is 0 Å². The number of amides is 1. The van der Waals surface area contributed by atoms with Gasteiger partial charge >= 0.3 is 6.61 Å². The number of hydrogen-bond donors (Lipinski definition) is 2. The van der Waals surface area contributed by atoms with Crippen LogP contribution in [0.4, 0.5) is 8.78 Å². The summed E-state index contributed by atoms with van der Waals surface area (Å²) in [6.07, 6.45) is 0. The Hall–Kier alpha value is -1.69. The normalized spacial score (nSPS) is 11.5. The molecule has 6 heteroatoms. The van der Waals surface area contributed by atoms with Gasteiger partial charge in [-0.05, 0) is 24.3 Å². The Morgan fingerprint density at radius 1 is 1.37 bits per heavy atom. The number of nitrogens with one attached hydrogen (secondary N) is 1. The molecule has 0 atom stereocenters. The van der Waals surface area contributed by atoms with Crippen LogP contribution in [0.5, 0.6) is 5.75 Å². The predicted molar refractivity (Wildman–Crippen MR) is 66.3 cm³/mol. The van der Waals surface area contributed by atoms with Crippen LogP contribution in [0.25, 0.3) is 0 Å². The summed E-state index contributed by atoms with van der Waals surface area (Å²) in [6, 6.07) is 5.41. The first kappa shape index (κ1) is 15.4. The first-order chi connectivity index (χ1) is 8.84. The van der Waals surface area contributed by atoms with Crippen LogP contribution in [0.3, 0.4) is 0 Å². The Labute approximate surface area is 110 Å². The molecule has 0 aromatic heterocycles. The second-order valence-electron chi connectivity index (χ2n) is 4.91. The number of aliphatic hydroxyl groups excluding tert-OH is 1. The largest absolute Gasteiger partial charge is 0.435 e. The number of hydrogen-bond acceptors (Lipinski definition) is 3. The van der Waals surface area contributed by atoms with Gasteiger partial charge in [0, 0.05) is 24.1 Å². The quantitative estimate of drug-likeness (QED) is 0.834. The maximum absolute atomic E-state index is 11.9. The fourth-order valence-electron chi connectivity index (χ4n) is 1.27. The lowest BCUT2D eigenvalue weighted by Gasteiger charge is -2.21. The first-order valence-electron chi connectivity index (χ1n) is 5.78. The van der Waals surface area contributed by atoms with Crippen LogP contribution in [0.1, 0.15) is 24.2 Å². The van der Waals surface area contributed by atoms with Crippen LogP contribution in [0.2, 0.25) is 0 Å². The molecular weight excluding hydrogens is 256 g/mol. The molecule has 0 saturated carbocycles. The topological polar surface area (TPSA) is 58.6 Å². The Bertz CT molecular complexity index is 418. The number of ether oxygens (including phenoxy) is 1. The number of rotatable bonds is 6. The molecule has 0 fully saturated rings. The maximum atomic E-state index is 11.9. The second-order valence-corrected chi connectivity index (χ2v) is 4.91. The van der Waals surface area contributed by atoms with E-state index >= 15 is 0 Å². The van der Waals surface area contributed by atoms with Gasteiger partial charge in [0.1, 0.15) is 5.75 Å². The predicted octanol–water partition coefficient (Wildman–Crippen LogP) is 2.04. The molecule has 0 aliphatic rings. The molecule has 2 N–H and O–H groups in total. The molecule has 4 nitrogen and oxygen atoms in total. The zero-order valence-corrected chi connectivity index (χ0v) is 10.8. The molecule has 0 bridgehead atoms. The van der Waals surface area contributed by atoms with E-state index in [2.05, 4.69) is 10.1 Å². The van der Waals surface area contributed by atoms with Gasteiger partial charge in [0.15, 0.2) is 0 Å². The first-order valence-corrected chi connectivity index (χ1v) is 5.78. The third-order valence-corrected chi connectivity index (χ3v) is 2.50. The summed E-state index contributed by atoms with van der Waals surface area (Å²) < 4.78 is 28.1. The lowest BCUT2D eigenvalue weighted by atomic mass is 9.95. The molecule has 1 amide bonds. The average Bonchev–Trinajstić information content (AvgIpc) is 2.36. The Morgan fingerprint density at radius 3 is 2.42 bits per heavy atom. The van der Waals surface area contributed by atoms with Crippen LogP contribution in [0, 0.1) is 5.41 Å². The monoisotopic (exact) mass is 273 g/mol. The SMILES string of the molecule is CC(C)(CO)CNC(=O)c1ccc(OC(F)F)cc1. The van der Waals surface area contributed by atoms with E-state index in [4.69, 9.17) is 5.11 Å². The van der Waals surface area contributed by atoms with Crippen LogP contribution in [-0.2, 0) is 0 Å². The fourth-order valence-corrected chi connectivity index (χ4v) is 1.27. The van der Waals surface area contributed by atoms with E-state index in [9.17, 15) is 13.6 Å². The molecule has 0 saturated heterocycles. The zero-order chi connectivity index (χ0) is 14.5. The molecule has 1 rings (SSSR count). The third kappa shape index (κ3) is 5.21.